The first-order valence-corrected chi connectivity index (χ1v) is 10.2. The second kappa shape index (κ2) is 7.91. The Morgan fingerprint density at radius 3 is 2.83 bits per heavy atom. The highest BCUT2D eigenvalue weighted by Gasteiger charge is 2.27. The minimum atomic E-state index is -0.368. The van der Waals surface area contributed by atoms with Crippen molar-refractivity contribution in [1.29, 1.82) is 0 Å². The molecule has 0 fully saturated rings. The van der Waals surface area contributed by atoms with E-state index in [0.29, 0.717) is 35.4 Å². The van der Waals surface area contributed by atoms with Crippen LogP contribution in [0.3, 0.4) is 0 Å². The van der Waals surface area contributed by atoms with Crippen LogP contribution in [0.15, 0.2) is 35.7 Å². The summed E-state index contributed by atoms with van der Waals surface area (Å²) in [5, 5.41) is 5.66. The van der Waals surface area contributed by atoms with Gasteiger partial charge in [0.2, 0.25) is 5.91 Å². The zero-order valence-electron chi connectivity index (χ0n) is 16.1. The number of fused-ring (bicyclic) bond motifs is 1. The van der Waals surface area contributed by atoms with Gasteiger partial charge >= 0.3 is 0 Å². The van der Waals surface area contributed by atoms with Crippen molar-refractivity contribution >= 4 is 17.2 Å². The highest BCUT2D eigenvalue weighted by atomic mass is 32.1. The number of carbonyl (C=O) groups is 1. The first-order valence-electron chi connectivity index (χ1n) is 9.32. The quantitative estimate of drug-likeness (QED) is 0.675. The van der Waals surface area contributed by atoms with Gasteiger partial charge in [-0.05, 0) is 49.2 Å². The van der Waals surface area contributed by atoms with Gasteiger partial charge in [0, 0.05) is 22.9 Å². The van der Waals surface area contributed by atoms with Crippen LogP contribution < -0.4 is 10.1 Å². The van der Waals surface area contributed by atoms with E-state index in [1.165, 1.54) is 29.5 Å². The molecule has 0 saturated heterocycles. The van der Waals surface area contributed by atoms with Crippen LogP contribution in [0, 0.1) is 25.5 Å². The van der Waals surface area contributed by atoms with Crippen molar-refractivity contribution in [1.82, 2.24) is 10.3 Å². The number of nitrogens with zero attached hydrogens (tertiary/aromatic N) is 1. The molecule has 3 aromatic rings. The van der Waals surface area contributed by atoms with Gasteiger partial charge in [-0.1, -0.05) is 6.07 Å². The van der Waals surface area contributed by atoms with E-state index in [-0.39, 0.29) is 30.1 Å². The molecule has 1 aromatic heterocycles. The summed E-state index contributed by atoms with van der Waals surface area (Å²) in [6.45, 7) is 3.89. The topological polar surface area (TPSA) is 51.2 Å². The van der Waals surface area contributed by atoms with Crippen LogP contribution in [0.4, 0.5) is 8.78 Å². The average Bonchev–Trinajstić information content (AvgIpc) is 3.27. The number of hydrogen-bond acceptors (Lipinski definition) is 4. The second-order valence-electron chi connectivity index (χ2n) is 7.19. The lowest BCUT2D eigenvalue weighted by Gasteiger charge is -2.14. The highest BCUT2D eigenvalue weighted by molar-refractivity contribution is 7.09. The summed E-state index contributed by atoms with van der Waals surface area (Å²) in [7, 11) is 0. The van der Waals surface area contributed by atoms with Crippen molar-refractivity contribution in [3.8, 4) is 16.9 Å². The summed E-state index contributed by atoms with van der Waals surface area (Å²) in [4.78, 5) is 16.5. The summed E-state index contributed by atoms with van der Waals surface area (Å²) in [5.74, 6) is -0.214. The third-order valence-corrected chi connectivity index (χ3v) is 5.69. The minimum Gasteiger partial charge on any atom is -0.487 e. The Hall–Kier alpha value is -2.80. The largest absolute Gasteiger partial charge is 0.487 e. The van der Waals surface area contributed by atoms with Crippen molar-refractivity contribution in [2.24, 2.45) is 0 Å². The molecule has 1 N–H and O–H groups in total. The number of thiazole rings is 1. The van der Waals surface area contributed by atoms with E-state index in [9.17, 15) is 13.6 Å². The number of aromatic nitrogens is 1. The van der Waals surface area contributed by atoms with Gasteiger partial charge in [0.15, 0.2) is 0 Å². The molecule has 150 valence electrons. The van der Waals surface area contributed by atoms with Crippen molar-refractivity contribution in [3.63, 3.8) is 0 Å². The third kappa shape index (κ3) is 4.29. The van der Waals surface area contributed by atoms with Crippen molar-refractivity contribution in [2.75, 3.05) is 6.54 Å². The summed E-state index contributed by atoms with van der Waals surface area (Å²) < 4.78 is 33.8. The van der Waals surface area contributed by atoms with Crippen LogP contribution >= 0.6 is 11.3 Å². The molecule has 2 aromatic carbocycles. The maximum atomic E-state index is 14.2. The van der Waals surface area contributed by atoms with E-state index in [1.54, 1.807) is 19.1 Å². The maximum absolute atomic E-state index is 14.2. The molecule has 1 amide bonds. The molecule has 4 nitrogen and oxygen atoms in total. The smallest absolute Gasteiger partial charge is 0.226 e. The number of nitrogens with one attached hydrogen (secondary N) is 1. The van der Waals surface area contributed by atoms with Gasteiger partial charge in [0.05, 0.1) is 23.7 Å². The second-order valence-corrected chi connectivity index (χ2v) is 8.25. The fraction of sp³-hybridized carbons (Fsp3) is 0.273. The zero-order valence-corrected chi connectivity index (χ0v) is 16.9. The Kier molecular flexibility index (Phi) is 5.32. The fourth-order valence-corrected chi connectivity index (χ4v) is 4.09. The fourth-order valence-electron chi connectivity index (χ4n) is 3.48. The van der Waals surface area contributed by atoms with Gasteiger partial charge in [-0.3, -0.25) is 4.79 Å². The lowest BCUT2D eigenvalue weighted by molar-refractivity contribution is -0.120. The SMILES string of the molecule is Cc1nc(CC(=O)NCC2Cc3cc(F)cc(-c4ccc(F)c(C)c4)c3O2)cs1. The van der Waals surface area contributed by atoms with Crippen LogP contribution in [0.2, 0.25) is 0 Å². The number of rotatable bonds is 5. The maximum Gasteiger partial charge on any atom is 0.226 e. The monoisotopic (exact) mass is 414 g/mol. The van der Waals surface area contributed by atoms with E-state index in [4.69, 9.17) is 4.74 Å². The molecule has 0 spiro atoms. The minimum absolute atomic E-state index is 0.129. The molecule has 4 rings (SSSR count). The van der Waals surface area contributed by atoms with Gasteiger partial charge in [-0.2, -0.15) is 0 Å². The Labute approximate surface area is 171 Å². The molecular formula is C22H20F2N2O2S. The molecule has 1 atom stereocenters. The van der Waals surface area contributed by atoms with Crippen LogP contribution in [0.5, 0.6) is 5.75 Å². The summed E-state index contributed by atoms with van der Waals surface area (Å²) in [5.41, 5.74) is 3.27. The molecule has 1 aliphatic rings. The van der Waals surface area contributed by atoms with E-state index in [0.717, 1.165) is 16.3 Å². The van der Waals surface area contributed by atoms with Gasteiger partial charge in [0.1, 0.15) is 23.5 Å². The first-order chi connectivity index (χ1) is 13.9. The predicted octanol–water partition coefficient (Wildman–Crippen LogP) is 4.37. The van der Waals surface area contributed by atoms with E-state index < -0.39 is 0 Å². The zero-order chi connectivity index (χ0) is 20.5. The Morgan fingerprint density at radius 2 is 2.10 bits per heavy atom. The molecular weight excluding hydrogens is 394 g/mol. The molecule has 1 unspecified atom stereocenters. The molecule has 29 heavy (non-hydrogen) atoms. The Balaban J connectivity index is 1.46. The average molecular weight is 414 g/mol. The number of aryl methyl sites for hydroxylation is 2. The lowest BCUT2D eigenvalue weighted by Crippen LogP contribution is -2.35. The third-order valence-electron chi connectivity index (χ3n) is 4.87. The van der Waals surface area contributed by atoms with Crippen molar-refractivity contribution in [3.05, 3.63) is 69.2 Å². The number of halogens is 2. The molecule has 0 radical (unpaired) electrons. The normalized spacial score (nSPS) is 15.1. The van der Waals surface area contributed by atoms with E-state index in [1.807, 2.05) is 12.3 Å². The van der Waals surface area contributed by atoms with Gasteiger partial charge in [-0.25, -0.2) is 13.8 Å². The van der Waals surface area contributed by atoms with Crippen molar-refractivity contribution < 1.29 is 18.3 Å². The van der Waals surface area contributed by atoms with Crippen LogP contribution in [-0.2, 0) is 17.6 Å². The Bertz CT molecular complexity index is 1080. The van der Waals surface area contributed by atoms with E-state index >= 15 is 0 Å². The van der Waals surface area contributed by atoms with Gasteiger partial charge in [-0.15, -0.1) is 11.3 Å². The molecule has 2 heterocycles. The standard InChI is InChI=1S/C22H20F2N2O2S/c1-12-5-14(3-4-20(12)24)19-8-16(23)6-15-7-18(28-22(15)19)10-25-21(27)9-17-11-29-13(2)26-17/h3-6,8,11,18H,7,9-10H2,1-2H3,(H,25,27). The van der Waals surface area contributed by atoms with E-state index in [2.05, 4.69) is 10.3 Å². The number of benzene rings is 2. The van der Waals surface area contributed by atoms with Crippen LogP contribution in [0.25, 0.3) is 11.1 Å². The van der Waals surface area contributed by atoms with Crippen LogP contribution in [0.1, 0.15) is 21.8 Å². The predicted molar refractivity (Wildman–Crippen MR) is 108 cm³/mol. The first kappa shape index (κ1) is 19.5. The Morgan fingerprint density at radius 1 is 1.28 bits per heavy atom. The van der Waals surface area contributed by atoms with Crippen LogP contribution in [-0.4, -0.2) is 23.5 Å². The molecule has 0 saturated carbocycles. The molecule has 0 bridgehead atoms. The number of amides is 1. The molecule has 0 aliphatic carbocycles. The number of hydrogen-bond donors (Lipinski definition) is 1. The molecule has 1 aliphatic heterocycles. The number of carbonyl (C=O) groups excluding carboxylic acids is 1. The lowest BCUT2D eigenvalue weighted by atomic mass is 9.99. The van der Waals surface area contributed by atoms with Gasteiger partial charge in [0.25, 0.3) is 0 Å². The summed E-state index contributed by atoms with van der Waals surface area (Å²) in [6.07, 6.45) is 0.433. The highest BCUT2D eigenvalue weighted by Crippen LogP contribution is 2.40. The summed E-state index contributed by atoms with van der Waals surface area (Å²) in [6, 6.07) is 7.52. The molecule has 7 heteroatoms. The summed E-state index contributed by atoms with van der Waals surface area (Å²) >= 11 is 1.51. The van der Waals surface area contributed by atoms with Crippen molar-refractivity contribution in [2.45, 2.75) is 32.8 Å². The van der Waals surface area contributed by atoms with Gasteiger partial charge < -0.3 is 10.1 Å². The number of ether oxygens (including phenoxy) is 1.